The zero-order chi connectivity index (χ0) is 12.0. The summed E-state index contributed by atoms with van der Waals surface area (Å²) in [6.07, 6.45) is 6.92. The highest BCUT2D eigenvalue weighted by Gasteiger charge is 2.21. The number of nitrogens with zero attached hydrogens (tertiary/aromatic N) is 1. The summed E-state index contributed by atoms with van der Waals surface area (Å²) in [5.74, 6) is -0.749. The Labute approximate surface area is 96.1 Å². The van der Waals surface area contributed by atoms with Crippen LogP contribution in [0.3, 0.4) is 0 Å². The molecule has 1 amide bonds. The van der Waals surface area contributed by atoms with Crippen LogP contribution in [0.2, 0.25) is 0 Å². The minimum atomic E-state index is -0.562. The number of hydrogen-bond donors (Lipinski definition) is 3. The van der Waals surface area contributed by atoms with E-state index in [0.717, 1.165) is 12.8 Å². The van der Waals surface area contributed by atoms with E-state index >= 15 is 0 Å². The molecule has 1 fully saturated rings. The van der Waals surface area contributed by atoms with Gasteiger partial charge in [-0.2, -0.15) is 0 Å². The second-order valence-corrected chi connectivity index (χ2v) is 4.44. The minimum Gasteiger partial charge on any atom is -0.409 e. The maximum Gasteiger partial charge on any atom is 0.230 e. The van der Waals surface area contributed by atoms with Gasteiger partial charge in [0.05, 0.1) is 5.92 Å². The highest BCUT2D eigenvalue weighted by molar-refractivity contribution is 6.01. The van der Waals surface area contributed by atoms with Crippen molar-refractivity contribution in [1.29, 1.82) is 0 Å². The van der Waals surface area contributed by atoms with Crippen molar-refractivity contribution in [2.24, 2.45) is 16.8 Å². The van der Waals surface area contributed by atoms with Crippen LogP contribution in [0, 0.1) is 5.92 Å². The summed E-state index contributed by atoms with van der Waals surface area (Å²) in [4.78, 5) is 11.7. The summed E-state index contributed by atoms with van der Waals surface area (Å²) in [6, 6.07) is 0.254. The summed E-state index contributed by atoms with van der Waals surface area (Å²) >= 11 is 0. The first-order valence-electron chi connectivity index (χ1n) is 5.93. The molecule has 0 saturated heterocycles. The van der Waals surface area contributed by atoms with E-state index < -0.39 is 5.92 Å². The van der Waals surface area contributed by atoms with E-state index in [-0.39, 0.29) is 17.8 Å². The molecule has 1 aliphatic rings. The van der Waals surface area contributed by atoms with Gasteiger partial charge in [0, 0.05) is 6.04 Å². The molecule has 0 radical (unpaired) electrons. The largest absolute Gasteiger partial charge is 0.409 e. The summed E-state index contributed by atoms with van der Waals surface area (Å²) in [5.41, 5.74) is 5.39. The lowest BCUT2D eigenvalue weighted by molar-refractivity contribution is -0.123. The smallest absolute Gasteiger partial charge is 0.230 e. The topological polar surface area (TPSA) is 87.7 Å². The monoisotopic (exact) mass is 227 g/mol. The Morgan fingerprint density at radius 3 is 2.44 bits per heavy atom. The predicted molar refractivity (Wildman–Crippen MR) is 62.2 cm³/mol. The van der Waals surface area contributed by atoms with E-state index in [9.17, 15) is 4.79 Å². The molecular formula is C11H21N3O2. The molecule has 1 atom stereocenters. The summed E-state index contributed by atoms with van der Waals surface area (Å²) < 4.78 is 0. The fraction of sp³-hybridized carbons (Fsp3) is 0.818. The van der Waals surface area contributed by atoms with Crippen LogP contribution < -0.4 is 11.1 Å². The summed E-state index contributed by atoms with van der Waals surface area (Å²) in [7, 11) is 0. The Morgan fingerprint density at radius 2 is 1.94 bits per heavy atom. The van der Waals surface area contributed by atoms with Gasteiger partial charge in [-0.15, -0.1) is 0 Å². The highest BCUT2D eigenvalue weighted by Crippen LogP contribution is 2.17. The summed E-state index contributed by atoms with van der Waals surface area (Å²) in [5, 5.41) is 14.3. The molecule has 5 nitrogen and oxygen atoms in total. The number of carbonyl (C=O) groups excluding carboxylic acids is 1. The first kappa shape index (κ1) is 12.8. The highest BCUT2D eigenvalue weighted by atomic mass is 16.4. The molecule has 1 saturated carbocycles. The Morgan fingerprint density at radius 1 is 1.38 bits per heavy atom. The molecule has 0 bridgehead atoms. The van der Waals surface area contributed by atoms with Crippen LogP contribution in [0.15, 0.2) is 5.16 Å². The van der Waals surface area contributed by atoms with Gasteiger partial charge in [0.1, 0.15) is 0 Å². The van der Waals surface area contributed by atoms with Crippen molar-refractivity contribution in [1.82, 2.24) is 5.32 Å². The molecule has 0 heterocycles. The van der Waals surface area contributed by atoms with Gasteiger partial charge in [-0.3, -0.25) is 4.79 Å². The van der Waals surface area contributed by atoms with Crippen LogP contribution in [-0.4, -0.2) is 23.0 Å². The zero-order valence-electron chi connectivity index (χ0n) is 9.78. The first-order valence-corrected chi connectivity index (χ1v) is 5.93. The molecule has 0 aromatic carbocycles. The molecule has 0 spiro atoms. The van der Waals surface area contributed by atoms with Crippen LogP contribution in [-0.2, 0) is 4.79 Å². The van der Waals surface area contributed by atoms with Gasteiger partial charge < -0.3 is 16.3 Å². The van der Waals surface area contributed by atoms with E-state index in [1.165, 1.54) is 25.7 Å². The van der Waals surface area contributed by atoms with E-state index in [4.69, 9.17) is 10.9 Å². The van der Waals surface area contributed by atoms with Crippen LogP contribution in [0.1, 0.15) is 45.4 Å². The number of amides is 1. The van der Waals surface area contributed by atoms with Crippen molar-refractivity contribution < 1.29 is 10.0 Å². The third-order valence-electron chi connectivity index (χ3n) is 3.15. The van der Waals surface area contributed by atoms with E-state index in [0.29, 0.717) is 0 Å². The SMILES string of the molecule is CC(C(=O)NC1CCCCCC1)C(N)=NO. The average Bonchev–Trinajstić information content (AvgIpc) is 2.55. The molecule has 0 aromatic heterocycles. The second-order valence-electron chi connectivity index (χ2n) is 4.44. The first-order chi connectivity index (χ1) is 7.65. The van der Waals surface area contributed by atoms with Crippen molar-refractivity contribution in [3.8, 4) is 0 Å². The van der Waals surface area contributed by atoms with Crippen molar-refractivity contribution >= 4 is 11.7 Å². The van der Waals surface area contributed by atoms with Crippen LogP contribution in [0.5, 0.6) is 0 Å². The van der Waals surface area contributed by atoms with E-state index in [1.807, 2.05) is 0 Å². The number of amidine groups is 1. The fourth-order valence-electron chi connectivity index (χ4n) is 1.97. The molecule has 1 rings (SSSR count). The number of hydrogen-bond acceptors (Lipinski definition) is 3. The van der Waals surface area contributed by atoms with Crippen LogP contribution >= 0.6 is 0 Å². The van der Waals surface area contributed by atoms with Crippen molar-refractivity contribution in [2.75, 3.05) is 0 Å². The third-order valence-corrected chi connectivity index (χ3v) is 3.15. The lowest BCUT2D eigenvalue weighted by atomic mass is 10.1. The number of nitrogens with two attached hydrogens (primary N) is 1. The quantitative estimate of drug-likeness (QED) is 0.223. The van der Waals surface area contributed by atoms with Gasteiger partial charge in [0.15, 0.2) is 5.84 Å². The van der Waals surface area contributed by atoms with Gasteiger partial charge in [-0.25, -0.2) is 0 Å². The molecule has 0 aliphatic heterocycles. The fourth-order valence-corrected chi connectivity index (χ4v) is 1.97. The number of carbonyl (C=O) groups is 1. The van der Waals surface area contributed by atoms with Crippen molar-refractivity contribution in [2.45, 2.75) is 51.5 Å². The van der Waals surface area contributed by atoms with E-state index in [2.05, 4.69) is 10.5 Å². The number of nitrogens with one attached hydrogen (secondary N) is 1. The Kier molecular flexibility index (Phi) is 5.08. The van der Waals surface area contributed by atoms with Gasteiger partial charge in [-0.1, -0.05) is 30.8 Å². The minimum absolute atomic E-state index is 0.0360. The lowest BCUT2D eigenvalue weighted by Gasteiger charge is -2.18. The predicted octanol–water partition coefficient (Wildman–Crippen LogP) is 1.21. The molecule has 1 aliphatic carbocycles. The second kappa shape index (κ2) is 6.35. The van der Waals surface area contributed by atoms with Gasteiger partial charge in [0.2, 0.25) is 5.91 Å². The molecule has 0 aromatic rings. The summed E-state index contributed by atoms with van der Waals surface area (Å²) in [6.45, 7) is 1.64. The molecule has 16 heavy (non-hydrogen) atoms. The van der Waals surface area contributed by atoms with E-state index in [1.54, 1.807) is 6.92 Å². The normalized spacial score (nSPS) is 21.2. The number of oxime groups is 1. The van der Waals surface area contributed by atoms with Crippen molar-refractivity contribution in [3.05, 3.63) is 0 Å². The molecular weight excluding hydrogens is 206 g/mol. The number of rotatable bonds is 3. The molecule has 5 heteroatoms. The van der Waals surface area contributed by atoms with Crippen molar-refractivity contribution in [3.63, 3.8) is 0 Å². The molecule has 92 valence electrons. The van der Waals surface area contributed by atoms with Crippen LogP contribution in [0.4, 0.5) is 0 Å². The Bertz CT molecular complexity index is 258. The average molecular weight is 227 g/mol. The zero-order valence-corrected chi connectivity index (χ0v) is 9.78. The standard InChI is InChI=1S/C11H21N3O2/c1-8(10(12)14-16)11(15)13-9-6-4-2-3-5-7-9/h8-9,16H,2-7H2,1H3,(H2,12,14)(H,13,15). The van der Waals surface area contributed by atoms with Crippen LogP contribution in [0.25, 0.3) is 0 Å². The lowest BCUT2D eigenvalue weighted by Crippen LogP contribution is -2.42. The Hall–Kier alpha value is -1.26. The van der Waals surface area contributed by atoms with Gasteiger partial charge in [0.25, 0.3) is 0 Å². The third kappa shape index (κ3) is 3.72. The van der Waals surface area contributed by atoms with Gasteiger partial charge >= 0.3 is 0 Å². The van der Waals surface area contributed by atoms with Gasteiger partial charge in [-0.05, 0) is 19.8 Å². The molecule has 1 unspecified atom stereocenters. The Balaban J connectivity index is 2.43. The molecule has 4 N–H and O–H groups in total. The maximum atomic E-state index is 11.7. The maximum absolute atomic E-state index is 11.7.